The topological polar surface area (TPSA) is 0 Å². The van der Waals surface area contributed by atoms with Crippen LogP contribution in [0.3, 0.4) is 0 Å². The van der Waals surface area contributed by atoms with E-state index in [1.54, 1.807) is 11.8 Å². The molecule has 0 fully saturated rings. The van der Waals surface area contributed by atoms with Crippen molar-refractivity contribution in [3.63, 3.8) is 0 Å². The monoisotopic (exact) mass is 583 g/mol. The molecule has 0 radical (unpaired) electrons. The predicted octanol–water partition coefficient (Wildman–Crippen LogP) is 8.17. The van der Waals surface area contributed by atoms with Crippen molar-refractivity contribution in [2.45, 2.75) is 27.7 Å². The Balaban J connectivity index is -0.0000000954. The second-order valence-corrected chi connectivity index (χ2v) is 15.4. The third-order valence-corrected chi connectivity index (χ3v) is 1.33. The Kier molecular flexibility index (Phi) is 60.1. The van der Waals surface area contributed by atoms with Gasteiger partial charge in [-0.05, 0) is 12.5 Å². The van der Waals surface area contributed by atoms with Crippen LogP contribution in [-0.4, -0.2) is 12.5 Å². The standard InChI is InChI=1S/2C6H6.C2H6S.2C2H6.2HI.V/c2*1-2-4-6-5-3-1;1-3-2;2*1-2;;;/h2*1-6H;1-2H3;2*1-2H3;2*1H;/q;;;;;;;+2/p-2. The third kappa shape index (κ3) is 49.8. The van der Waals surface area contributed by atoms with Gasteiger partial charge in [0.25, 0.3) is 0 Å². The summed E-state index contributed by atoms with van der Waals surface area (Å²) in [4.78, 5) is 0. The molecule has 22 heavy (non-hydrogen) atoms. The number of hydrogen-bond donors (Lipinski definition) is 0. The molecule has 0 aromatic heterocycles. The van der Waals surface area contributed by atoms with Crippen molar-refractivity contribution in [1.29, 1.82) is 0 Å². The molecule has 0 saturated heterocycles. The molecule has 0 heterocycles. The van der Waals surface area contributed by atoms with Crippen LogP contribution in [0.2, 0.25) is 0 Å². The minimum Gasteiger partial charge on any atom is -0.0623 e. The van der Waals surface area contributed by atoms with E-state index in [-0.39, 0.29) is 0 Å². The fraction of sp³-hybridized carbons (Fsp3) is 0.333. The Morgan fingerprint density at radius 1 is 0.500 bits per heavy atom. The van der Waals surface area contributed by atoms with Crippen LogP contribution < -0.4 is 0 Å². The third-order valence-electron chi connectivity index (χ3n) is 1.33. The van der Waals surface area contributed by atoms with E-state index in [1.165, 1.54) is 0 Å². The fourth-order valence-corrected chi connectivity index (χ4v) is 0.770. The Hall–Kier alpha value is 0.834. The summed E-state index contributed by atoms with van der Waals surface area (Å²) in [6.45, 7) is 8.00. The van der Waals surface area contributed by atoms with Gasteiger partial charge in [0, 0.05) is 0 Å². The normalized spacial score (nSPS) is 6.36. The van der Waals surface area contributed by atoms with Crippen LogP contribution in [-0.2, 0) is 9.47 Å². The number of hydrogen-bond acceptors (Lipinski definition) is 1. The smallest absolute Gasteiger partial charge is 0.0623 e. The average molecular weight is 583 g/mol. The summed E-state index contributed by atoms with van der Waals surface area (Å²) in [6, 6.07) is 24.0. The Morgan fingerprint density at radius 2 is 0.545 bits per heavy atom. The maximum atomic E-state index is 2.37. The summed E-state index contributed by atoms with van der Waals surface area (Å²) in [6.07, 6.45) is 4.08. The second-order valence-electron chi connectivity index (χ2n) is 2.78. The van der Waals surface area contributed by atoms with E-state index >= 15 is 0 Å². The van der Waals surface area contributed by atoms with Crippen molar-refractivity contribution >= 4 is 51.7 Å². The first-order valence-electron chi connectivity index (χ1n) is 7.15. The summed E-state index contributed by atoms with van der Waals surface area (Å²) in [5.41, 5.74) is 0. The molecule has 2 rings (SSSR count). The Labute approximate surface area is 172 Å². The molecule has 0 nitrogen and oxygen atoms in total. The van der Waals surface area contributed by atoms with Crippen LogP contribution in [0.1, 0.15) is 27.7 Å². The SMILES string of the molecule is CC.CC.CSC.[I][V][I].c1ccccc1.c1ccccc1. The number of halogens is 2. The minimum absolute atomic E-state index is 0.628. The van der Waals surface area contributed by atoms with Crippen LogP contribution in [0.15, 0.2) is 72.8 Å². The van der Waals surface area contributed by atoms with Gasteiger partial charge in [-0.1, -0.05) is 100 Å². The van der Waals surface area contributed by atoms with Gasteiger partial charge >= 0.3 is 49.4 Å². The molecule has 2 aromatic carbocycles. The van der Waals surface area contributed by atoms with E-state index in [9.17, 15) is 0 Å². The maximum absolute atomic E-state index is 2.37. The van der Waals surface area contributed by atoms with Gasteiger partial charge < -0.3 is 0 Å². The van der Waals surface area contributed by atoms with Gasteiger partial charge in [-0.15, -0.1) is 0 Å². The van der Waals surface area contributed by atoms with Crippen molar-refractivity contribution in [2.24, 2.45) is 0 Å². The van der Waals surface area contributed by atoms with Crippen molar-refractivity contribution in [3.8, 4) is 0 Å². The quantitative estimate of drug-likeness (QED) is 0.282. The largest absolute Gasteiger partial charge is 0.0623 e. The summed E-state index contributed by atoms with van der Waals surface area (Å²) >= 11 is 6.49. The van der Waals surface area contributed by atoms with E-state index in [1.807, 2.05) is 113 Å². The summed E-state index contributed by atoms with van der Waals surface area (Å²) in [5, 5.41) is 0. The molecule has 0 spiro atoms. The molecule has 4 heteroatoms. The molecule has 2 aromatic rings. The molecule has 0 aliphatic rings. The van der Waals surface area contributed by atoms with Gasteiger partial charge in [0.1, 0.15) is 0 Å². The van der Waals surface area contributed by atoms with Gasteiger partial charge in [0.05, 0.1) is 0 Å². The molecule has 0 amide bonds. The zero-order valence-electron chi connectivity index (χ0n) is 14.5. The number of thioether (sulfide) groups is 1. The van der Waals surface area contributed by atoms with Crippen molar-refractivity contribution in [3.05, 3.63) is 72.8 Å². The first-order valence-corrected chi connectivity index (χ1v) is 17.8. The van der Waals surface area contributed by atoms with Crippen molar-refractivity contribution < 1.29 is 9.47 Å². The summed E-state index contributed by atoms with van der Waals surface area (Å²) in [5.74, 6) is 0. The number of benzene rings is 2. The molecule has 0 bridgehead atoms. The molecule has 127 valence electrons. The van der Waals surface area contributed by atoms with Gasteiger partial charge in [-0.2, -0.15) is 11.8 Å². The van der Waals surface area contributed by atoms with Crippen LogP contribution in [0.5, 0.6) is 0 Å². The fourth-order valence-electron chi connectivity index (χ4n) is 0.770. The molecule has 0 unspecified atom stereocenters. The van der Waals surface area contributed by atoms with Crippen LogP contribution in [0.4, 0.5) is 0 Å². The molecule has 0 aliphatic heterocycles. The van der Waals surface area contributed by atoms with Crippen LogP contribution in [0.25, 0.3) is 0 Å². The summed E-state index contributed by atoms with van der Waals surface area (Å²) < 4.78 is 0. The van der Waals surface area contributed by atoms with E-state index in [2.05, 4.69) is 40.0 Å². The van der Waals surface area contributed by atoms with Gasteiger partial charge in [0.15, 0.2) is 0 Å². The zero-order chi connectivity index (χ0) is 17.9. The maximum Gasteiger partial charge on any atom is -0.0623 e. The van der Waals surface area contributed by atoms with E-state index < -0.39 is 0 Å². The van der Waals surface area contributed by atoms with E-state index in [4.69, 9.17) is 0 Å². The predicted molar refractivity (Wildman–Crippen MR) is 123 cm³/mol. The molecular weight excluding hydrogens is 553 g/mol. The van der Waals surface area contributed by atoms with Crippen molar-refractivity contribution in [2.75, 3.05) is 12.5 Å². The van der Waals surface area contributed by atoms with Gasteiger partial charge in [0.2, 0.25) is 0 Å². The van der Waals surface area contributed by atoms with Gasteiger partial charge in [-0.25, -0.2) is 0 Å². The van der Waals surface area contributed by atoms with Gasteiger partial charge in [-0.3, -0.25) is 0 Å². The first-order chi connectivity index (χ1) is 10.8. The second kappa shape index (κ2) is 43.1. The molecule has 0 N–H and O–H groups in total. The number of rotatable bonds is 0. The Morgan fingerprint density at radius 3 is 0.591 bits per heavy atom. The minimum atomic E-state index is 0.628. The Bertz CT molecular complexity index is 220. The zero-order valence-corrected chi connectivity index (χ0v) is 21.1. The van der Waals surface area contributed by atoms with E-state index in [0.717, 1.165) is 0 Å². The molecule has 0 aliphatic carbocycles. The molecule has 0 atom stereocenters. The molecular formula is C18H30I2SV. The first kappa shape index (κ1) is 30.7. The average Bonchev–Trinajstić information content (AvgIpc) is 2.63. The van der Waals surface area contributed by atoms with Crippen LogP contribution >= 0.6 is 51.7 Å². The van der Waals surface area contributed by atoms with E-state index in [0.29, 0.717) is 9.47 Å². The van der Waals surface area contributed by atoms with Crippen molar-refractivity contribution in [1.82, 2.24) is 0 Å². The summed E-state index contributed by atoms with van der Waals surface area (Å²) in [7, 11) is 0.628. The van der Waals surface area contributed by atoms with Crippen LogP contribution in [0, 0.1) is 0 Å². The molecule has 0 saturated carbocycles.